The van der Waals surface area contributed by atoms with Crippen molar-refractivity contribution in [2.75, 3.05) is 20.8 Å². The van der Waals surface area contributed by atoms with Crippen molar-refractivity contribution in [2.45, 2.75) is 13.8 Å². The third-order valence-corrected chi connectivity index (χ3v) is 3.14. The number of carbonyl (C=O) groups excluding carboxylic acids is 1. The van der Waals surface area contributed by atoms with E-state index in [1.165, 1.54) is 14.2 Å². The van der Waals surface area contributed by atoms with Gasteiger partial charge in [0, 0.05) is 11.1 Å². The second-order valence-corrected chi connectivity index (χ2v) is 4.01. The average molecular weight is 258 g/mol. The maximum Gasteiger partial charge on any atom is 0.180 e. The minimum absolute atomic E-state index is 0.0819. The minimum atomic E-state index is -0.197. The Hall–Kier alpha value is -1.26. The van der Waals surface area contributed by atoms with Crippen LogP contribution in [-0.2, 0) is 0 Å². The monoisotopic (exact) mass is 257 g/mol. The lowest BCUT2D eigenvalue weighted by Gasteiger charge is -2.18. The van der Waals surface area contributed by atoms with Crippen LogP contribution in [0.25, 0.3) is 0 Å². The van der Waals surface area contributed by atoms with Gasteiger partial charge in [0.1, 0.15) is 11.5 Å². The van der Waals surface area contributed by atoms with Gasteiger partial charge in [-0.1, -0.05) is 11.6 Å². The Morgan fingerprint density at radius 3 is 2.12 bits per heavy atom. The van der Waals surface area contributed by atoms with Crippen molar-refractivity contribution < 1.29 is 14.3 Å². The predicted octanol–water partition coefficient (Wildman–Crippen LogP) is 2.12. The Labute approximate surface area is 106 Å². The molecule has 94 valence electrons. The number of rotatable bonds is 4. The van der Waals surface area contributed by atoms with E-state index in [0.717, 1.165) is 0 Å². The Balaban J connectivity index is 3.67. The maximum absolute atomic E-state index is 11.8. The summed E-state index contributed by atoms with van der Waals surface area (Å²) in [6.45, 7) is 3.45. The molecule has 0 radical (unpaired) electrons. The van der Waals surface area contributed by atoms with Crippen molar-refractivity contribution in [3.8, 4) is 11.5 Å². The molecule has 17 heavy (non-hydrogen) atoms. The van der Waals surface area contributed by atoms with Crippen LogP contribution in [0.1, 0.15) is 21.5 Å². The number of hydrogen-bond donors (Lipinski definition) is 1. The highest BCUT2D eigenvalue weighted by atomic mass is 35.5. The van der Waals surface area contributed by atoms with Crippen molar-refractivity contribution in [3.63, 3.8) is 0 Å². The first-order chi connectivity index (χ1) is 7.99. The molecule has 2 N–H and O–H groups in total. The van der Waals surface area contributed by atoms with Crippen LogP contribution in [0.5, 0.6) is 11.5 Å². The van der Waals surface area contributed by atoms with Gasteiger partial charge in [0.25, 0.3) is 0 Å². The lowest BCUT2D eigenvalue weighted by atomic mass is 9.98. The molecule has 0 amide bonds. The van der Waals surface area contributed by atoms with Crippen molar-refractivity contribution >= 4 is 17.4 Å². The normalized spacial score (nSPS) is 10.2. The molecule has 0 aromatic heterocycles. The summed E-state index contributed by atoms with van der Waals surface area (Å²) < 4.78 is 10.5. The zero-order valence-corrected chi connectivity index (χ0v) is 11.1. The topological polar surface area (TPSA) is 61.5 Å². The van der Waals surface area contributed by atoms with Gasteiger partial charge in [-0.2, -0.15) is 0 Å². The molecule has 5 heteroatoms. The number of carbonyl (C=O) groups is 1. The molecule has 1 aromatic carbocycles. The smallest absolute Gasteiger partial charge is 0.180 e. The molecule has 0 aliphatic heterocycles. The van der Waals surface area contributed by atoms with Crippen molar-refractivity contribution in [2.24, 2.45) is 5.73 Å². The Bertz CT molecular complexity index is 458. The number of benzene rings is 1. The number of Topliss-reactive ketones (excluding diaryl/α,β-unsaturated/α-hetero) is 1. The minimum Gasteiger partial charge on any atom is -0.496 e. The average Bonchev–Trinajstić information content (AvgIpc) is 2.33. The highest BCUT2D eigenvalue weighted by Crippen LogP contribution is 2.41. The molecule has 0 aliphatic rings. The van der Waals surface area contributed by atoms with E-state index in [1.807, 2.05) is 0 Å². The molecule has 4 nitrogen and oxygen atoms in total. The van der Waals surface area contributed by atoms with Gasteiger partial charge in [-0.25, -0.2) is 0 Å². The zero-order chi connectivity index (χ0) is 13.2. The summed E-state index contributed by atoms with van der Waals surface area (Å²) in [5.41, 5.74) is 7.16. The highest BCUT2D eigenvalue weighted by molar-refractivity contribution is 6.33. The fourth-order valence-electron chi connectivity index (χ4n) is 1.84. The van der Waals surface area contributed by atoms with Gasteiger partial charge in [0.15, 0.2) is 5.78 Å². The quantitative estimate of drug-likeness (QED) is 0.840. The van der Waals surface area contributed by atoms with Gasteiger partial charge in [0.05, 0.1) is 31.4 Å². The molecule has 1 rings (SSSR count). The predicted molar refractivity (Wildman–Crippen MR) is 67.4 cm³/mol. The van der Waals surface area contributed by atoms with Crippen molar-refractivity contribution in [1.82, 2.24) is 0 Å². The van der Waals surface area contributed by atoms with Gasteiger partial charge in [-0.3, -0.25) is 4.79 Å². The van der Waals surface area contributed by atoms with Gasteiger partial charge >= 0.3 is 0 Å². The Morgan fingerprint density at radius 1 is 1.18 bits per heavy atom. The molecule has 0 spiro atoms. The van der Waals surface area contributed by atoms with Crippen molar-refractivity contribution in [1.29, 1.82) is 0 Å². The summed E-state index contributed by atoms with van der Waals surface area (Å²) in [5, 5.41) is 0.454. The summed E-state index contributed by atoms with van der Waals surface area (Å²) in [5.74, 6) is 0.753. The largest absolute Gasteiger partial charge is 0.496 e. The summed E-state index contributed by atoms with van der Waals surface area (Å²) in [6, 6.07) is 0. The first-order valence-corrected chi connectivity index (χ1v) is 5.51. The molecule has 0 saturated carbocycles. The number of halogens is 1. The zero-order valence-electron chi connectivity index (χ0n) is 10.4. The van der Waals surface area contributed by atoms with Crippen LogP contribution in [-0.4, -0.2) is 26.5 Å². The van der Waals surface area contributed by atoms with E-state index in [2.05, 4.69) is 0 Å². The summed E-state index contributed by atoms with van der Waals surface area (Å²) >= 11 is 6.15. The Kier molecular flexibility index (Phi) is 4.37. The SMILES string of the molecule is COc1c(C)c(C(=O)CN)c(OC)c(C)c1Cl. The molecule has 0 fully saturated rings. The van der Waals surface area contributed by atoms with E-state index in [9.17, 15) is 4.79 Å². The molecule has 0 atom stereocenters. The second kappa shape index (κ2) is 5.38. The summed E-state index contributed by atoms with van der Waals surface area (Å²) in [6.07, 6.45) is 0. The standard InChI is InChI=1S/C12H16ClNO3/c1-6-9(8(15)5-14)11(16-3)7(2)10(13)12(6)17-4/h5,14H2,1-4H3. The number of methoxy groups -OCH3 is 2. The molecular weight excluding hydrogens is 242 g/mol. The molecule has 1 aromatic rings. The van der Waals surface area contributed by atoms with Crippen LogP contribution in [0.3, 0.4) is 0 Å². The first kappa shape index (κ1) is 13.8. The maximum atomic E-state index is 11.8. The van der Waals surface area contributed by atoms with Crippen LogP contribution in [0.4, 0.5) is 0 Å². The Morgan fingerprint density at radius 2 is 1.71 bits per heavy atom. The fourth-order valence-corrected chi connectivity index (χ4v) is 2.15. The molecule has 0 unspecified atom stereocenters. The molecule has 0 saturated heterocycles. The summed E-state index contributed by atoms with van der Waals surface area (Å²) in [7, 11) is 3.01. The number of hydrogen-bond acceptors (Lipinski definition) is 4. The van der Waals surface area contributed by atoms with E-state index >= 15 is 0 Å². The second-order valence-electron chi connectivity index (χ2n) is 3.63. The lowest BCUT2D eigenvalue weighted by Crippen LogP contribution is -2.17. The van der Waals surface area contributed by atoms with Crippen LogP contribution >= 0.6 is 11.6 Å². The molecular formula is C12H16ClNO3. The third kappa shape index (κ3) is 2.23. The van der Waals surface area contributed by atoms with Crippen LogP contribution in [0, 0.1) is 13.8 Å². The molecule has 0 aliphatic carbocycles. The van der Waals surface area contributed by atoms with Gasteiger partial charge in [-0.05, 0) is 13.8 Å². The first-order valence-electron chi connectivity index (χ1n) is 5.13. The van der Waals surface area contributed by atoms with Crippen molar-refractivity contribution in [3.05, 3.63) is 21.7 Å². The van der Waals surface area contributed by atoms with E-state index in [4.69, 9.17) is 26.8 Å². The number of nitrogens with two attached hydrogens (primary N) is 1. The number of ketones is 1. The molecule has 0 heterocycles. The lowest BCUT2D eigenvalue weighted by molar-refractivity contribution is 0.0997. The third-order valence-electron chi connectivity index (χ3n) is 2.68. The van der Waals surface area contributed by atoms with Crippen LogP contribution < -0.4 is 15.2 Å². The van der Waals surface area contributed by atoms with E-state index in [0.29, 0.717) is 33.2 Å². The number of ether oxygens (including phenoxy) is 2. The van der Waals surface area contributed by atoms with Crippen LogP contribution in [0.15, 0.2) is 0 Å². The van der Waals surface area contributed by atoms with Crippen LogP contribution in [0.2, 0.25) is 5.02 Å². The highest BCUT2D eigenvalue weighted by Gasteiger charge is 2.23. The van der Waals surface area contributed by atoms with Gasteiger partial charge < -0.3 is 15.2 Å². The van der Waals surface area contributed by atoms with Gasteiger partial charge in [0.2, 0.25) is 0 Å². The van der Waals surface area contributed by atoms with E-state index < -0.39 is 0 Å². The van der Waals surface area contributed by atoms with Gasteiger partial charge in [-0.15, -0.1) is 0 Å². The molecule has 0 bridgehead atoms. The fraction of sp³-hybridized carbons (Fsp3) is 0.417. The summed E-state index contributed by atoms with van der Waals surface area (Å²) in [4.78, 5) is 11.8. The van der Waals surface area contributed by atoms with E-state index in [1.54, 1.807) is 13.8 Å². The van der Waals surface area contributed by atoms with E-state index in [-0.39, 0.29) is 12.3 Å².